The van der Waals surface area contributed by atoms with E-state index in [1.807, 2.05) is 13.8 Å². The molecule has 0 unspecified atom stereocenters. The Hall–Kier alpha value is -2.21. The fourth-order valence-electron chi connectivity index (χ4n) is 2.20. The van der Waals surface area contributed by atoms with Crippen LogP contribution in [0.4, 0.5) is 5.69 Å². The number of aliphatic hydroxyl groups is 1. The van der Waals surface area contributed by atoms with E-state index < -0.39 is 10.5 Å². The highest BCUT2D eigenvalue weighted by atomic mass is 16.6. The van der Waals surface area contributed by atoms with Gasteiger partial charge in [0.2, 0.25) is 5.91 Å². The number of β-amino-alcohol motifs (C(OH)–C–C–N with tert-alkyl or cyclic N) is 1. The minimum atomic E-state index is -0.817. The fourth-order valence-corrected chi connectivity index (χ4v) is 2.20. The maximum atomic E-state index is 11.9. The first kappa shape index (κ1) is 15.2. The van der Waals surface area contributed by atoms with Crippen LogP contribution in [0.15, 0.2) is 30.3 Å². The first-order chi connectivity index (χ1) is 9.83. The van der Waals surface area contributed by atoms with Gasteiger partial charge in [-0.2, -0.15) is 0 Å². The molecule has 0 radical (unpaired) electrons. The highest BCUT2D eigenvalue weighted by Gasteiger charge is 2.45. The second-order valence-electron chi connectivity index (χ2n) is 5.60. The number of para-hydroxylation sites is 1. The zero-order chi connectivity index (χ0) is 15.6. The van der Waals surface area contributed by atoms with Crippen molar-refractivity contribution in [1.29, 1.82) is 0 Å². The summed E-state index contributed by atoms with van der Waals surface area (Å²) in [6, 6.07) is 6.24. The second kappa shape index (κ2) is 5.65. The third-order valence-corrected chi connectivity index (χ3v) is 3.85. The predicted molar refractivity (Wildman–Crippen MR) is 78.5 cm³/mol. The summed E-state index contributed by atoms with van der Waals surface area (Å²) in [7, 11) is 0. The molecule has 2 rings (SSSR count). The van der Waals surface area contributed by atoms with Gasteiger partial charge in [0.25, 0.3) is 5.69 Å². The fraction of sp³-hybridized carbons (Fsp3) is 0.400. The van der Waals surface area contributed by atoms with Crippen molar-refractivity contribution in [2.75, 3.05) is 13.1 Å². The largest absolute Gasteiger partial charge is 0.386 e. The lowest BCUT2D eigenvalue weighted by Crippen LogP contribution is -2.65. The van der Waals surface area contributed by atoms with Gasteiger partial charge < -0.3 is 10.0 Å². The molecule has 6 heteroatoms. The smallest absolute Gasteiger partial charge is 0.276 e. The van der Waals surface area contributed by atoms with Crippen molar-refractivity contribution in [2.45, 2.75) is 19.4 Å². The normalized spacial score (nSPS) is 17.0. The van der Waals surface area contributed by atoms with Crippen molar-refractivity contribution in [3.8, 4) is 0 Å². The molecule has 1 saturated heterocycles. The Bertz CT molecular complexity index is 589. The first-order valence-electron chi connectivity index (χ1n) is 6.76. The van der Waals surface area contributed by atoms with Crippen molar-refractivity contribution in [1.82, 2.24) is 4.90 Å². The van der Waals surface area contributed by atoms with E-state index in [0.717, 1.165) is 0 Å². The second-order valence-corrected chi connectivity index (χ2v) is 5.60. The number of nitro benzene ring substituents is 1. The number of nitrogens with zero attached hydrogens (tertiary/aromatic N) is 2. The van der Waals surface area contributed by atoms with E-state index >= 15 is 0 Å². The Balaban J connectivity index is 2.03. The van der Waals surface area contributed by atoms with Crippen LogP contribution in [0, 0.1) is 16.0 Å². The number of hydrogen-bond acceptors (Lipinski definition) is 4. The molecule has 1 aromatic carbocycles. The molecule has 0 bridgehead atoms. The van der Waals surface area contributed by atoms with Crippen LogP contribution in [0.3, 0.4) is 0 Å². The van der Waals surface area contributed by atoms with Crippen LogP contribution in [0.2, 0.25) is 0 Å². The SMILES string of the molecule is CC(C)C1(O)CN(C(=O)C=Cc2ccccc2[N+](=O)[O-])C1. The molecule has 0 saturated carbocycles. The zero-order valence-electron chi connectivity index (χ0n) is 12.0. The van der Waals surface area contributed by atoms with Crippen LogP contribution >= 0.6 is 0 Å². The molecule has 0 aliphatic carbocycles. The van der Waals surface area contributed by atoms with Crippen molar-refractivity contribution in [2.24, 2.45) is 5.92 Å². The third kappa shape index (κ3) is 3.11. The highest BCUT2D eigenvalue weighted by molar-refractivity contribution is 5.93. The quantitative estimate of drug-likeness (QED) is 0.521. The molecule has 1 N–H and O–H groups in total. The zero-order valence-corrected chi connectivity index (χ0v) is 12.0. The molecule has 1 aliphatic rings. The number of benzene rings is 1. The molecule has 1 heterocycles. The van der Waals surface area contributed by atoms with E-state index in [1.165, 1.54) is 23.1 Å². The van der Waals surface area contributed by atoms with Crippen LogP contribution in [0.5, 0.6) is 0 Å². The summed E-state index contributed by atoms with van der Waals surface area (Å²) in [6.07, 6.45) is 2.75. The standard InChI is InChI=1S/C15H18N2O4/c1-11(2)15(19)9-16(10-15)14(18)8-7-12-5-3-4-6-13(12)17(20)21/h3-8,11,19H,9-10H2,1-2H3. The van der Waals surface area contributed by atoms with E-state index in [4.69, 9.17) is 0 Å². The number of amides is 1. The van der Waals surface area contributed by atoms with Crippen LogP contribution < -0.4 is 0 Å². The van der Waals surface area contributed by atoms with Crippen LogP contribution in [-0.2, 0) is 4.79 Å². The molecule has 6 nitrogen and oxygen atoms in total. The summed E-state index contributed by atoms with van der Waals surface area (Å²) < 4.78 is 0. The van der Waals surface area contributed by atoms with E-state index in [2.05, 4.69) is 0 Å². The average Bonchev–Trinajstić information content (AvgIpc) is 2.41. The highest BCUT2D eigenvalue weighted by Crippen LogP contribution is 2.29. The van der Waals surface area contributed by atoms with Crippen molar-refractivity contribution >= 4 is 17.7 Å². The molecule has 1 amide bonds. The number of carbonyl (C=O) groups excluding carboxylic acids is 1. The van der Waals surface area contributed by atoms with Gasteiger partial charge >= 0.3 is 0 Å². The Morgan fingerprint density at radius 2 is 2.05 bits per heavy atom. The lowest BCUT2D eigenvalue weighted by Gasteiger charge is -2.48. The van der Waals surface area contributed by atoms with Crippen molar-refractivity contribution in [3.05, 3.63) is 46.0 Å². The van der Waals surface area contributed by atoms with E-state index in [-0.39, 0.29) is 17.5 Å². The van der Waals surface area contributed by atoms with Gasteiger partial charge in [-0.15, -0.1) is 0 Å². The van der Waals surface area contributed by atoms with Gasteiger partial charge in [-0.3, -0.25) is 14.9 Å². The van der Waals surface area contributed by atoms with Crippen LogP contribution in [-0.4, -0.2) is 39.5 Å². The Morgan fingerprint density at radius 1 is 1.43 bits per heavy atom. The summed E-state index contributed by atoms with van der Waals surface area (Å²) in [5, 5.41) is 21.0. The van der Waals surface area contributed by atoms with E-state index in [9.17, 15) is 20.0 Å². The maximum absolute atomic E-state index is 11.9. The number of rotatable bonds is 4. The molecule has 0 spiro atoms. The van der Waals surface area contributed by atoms with Gasteiger partial charge in [0.05, 0.1) is 23.6 Å². The van der Waals surface area contributed by atoms with Gasteiger partial charge in [0, 0.05) is 12.1 Å². The number of nitro groups is 1. The third-order valence-electron chi connectivity index (χ3n) is 3.85. The molecule has 112 valence electrons. The Kier molecular flexibility index (Phi) is 4.09. The molecular weight excluding hydrogens is 272 g/mol. The predicted octanol–water partition coefficient (Wildman–Crippen LogP) is 1.84. The van der Waals surface area contributed by atoms with Crippen molar-refractivity contribution in [3.63, 3.8) is 0 Å². The minimum absolute atomic E-state index is 0.0381. The monoisotopic (exact) mass is 290 g/mol. The molecule has 0 atom stereocenters. The average molecular weight is 290 g/mol. The van der Waals surface area contributed by atoms with E-state index in [0.29, 0.717) is 18.7 Å². The van der Waals surface area contributed by atoms with Crippen LogP contribution in [0.1, 0.15) is 19.4 Å². The lowest BCUT2D eigenvalue weighted by atomic mass is 9.83. The van der Waals surface area contributed by atoms with Gasteiger partial charge in [-0.1, -0.05) is 26.0 Å². The molecule has 1 fully saturated rings. The molecule has 0 aromatic heterocycles. The van der Waals surface area contributed by atoms with Gasteiger partial charge in [-0.25, -0.2) is 0 Å². The van der Waals surface area contributed by atoms with Gasteiger partial charge in [-0.05, 0) is 18.1 Å². The Labute approximate surface area is 122 Å². The summed E-state index contributed by atoms with van der Waals surface area (Å²) >= 11 is 0. The molecule has 21 heavy (non-hydrogen) atoms. The summed E-state index contributed by atoms with van der Waals surface area (Å²) in [6.45, 7) is 4.41. The van der Waals surface area contributed by atoms with Crippen LogP contribution in [0.25, 0.3) is 6.08 Å². The molecule has 1 aliphatic heterocycles. The molecular formula is C15H18N2O4. The van der Waals surface area contributed by atoms with Crippen molar-refractivity contribution < 1.29 is 14.8 Å². The van der Waals surface area contributed by atoms with Gasteiger partial charge in [0.1, 0.15) is 5.60 Å². The minimum Gasteiger partial charge on any atom is -0.386 e. The molecule has 1 aromatic rings. The number of carbonyl (C=O) groups is 1. The number of likely N-dealkylation sites (tertiary alicyclic amines) is 1. The number of hydrogen-bond donors (Lipinski definition) is 1. The summed E-state index contributed by atoms with van der Waals surface area (Å²) in [5.74, 6) is -0.167. The van der Waals surface area contributed by atoms with Gasteiger partial charge in [0.15, 0.2) is 0 Å². The van der Waals surface area contributed by atoms with E-state index in [1.54, 1.807) is 18.2 Å². The lowest BCUT2D eigenvalue weighted by molar-refractivity contribution is -0.385. The summed E-state index contributed by atoms with van der Waals surface area (Å²) in [4.78, 5) is 23.9. The Morgan fingerprint density at radius 3 is 2.62 bits per heavy atom. The topological polar surface area (TPSA) is 83.7 Å². The maximum Gasteiger partial charge on any atom is 0.276 e. The first-order valence-corrected chi connectivity index (χ1v) is 6.76. The summed E-state index contributed by atoms with van der Waals surface area (Å²) in [5.41, 5.74) is -0.471.